The Morgan fingerprint density at radius 1 is 1.00 bits per heavy atom. The van der Waals surface area contributed by atoms with E-state index in [1.807, 2.05) is 48.5 Å². The normalized spacial score (nSPS) is 13.1. The van der Waals surface area contributed by atoms with E-state index in [2.05, 4.69) is 5.32 Å². The largest absolute Gasteiger partial charge is 0.733 e. The quantitative estimate of drug-likeness (QED) is 0.483. The van der Waals surface area contributed by atoms with Gasteiger partial charge >= 0.3 is 12.1 Å². The first-order valence-corrected chi connectivity index (χ1v) is 10.0. The molecule has 0 radical (unpaired) electrons. The van der Waals surface area contributed by atoms with E-state index in [0.29, 0.717) is 5.56 Å². The van der Waals surface area contributed by atoms with Gasteiger partial charge in [-0.1, -0.05) is 60.7 Å². The lowest BCUT2D eigenvalue weighted by Gasteiger charge is -2.22. The fourth-order valence-corrected chi connectivity index (χ4v) is 4.02. The number of ether oxygens (including phenoxy) is 1. The Hall–Kier alpha value is -3.88. The highest BCUT2D eigenvalue weighted by molar-refractivity contribution is 5.81. The molecule has 1 atom stereocenters. The zero-order chi connectivity index (χ0) is 22.7. The van der Waals surface area contributed by atoms with Crippen LogP contribution in [0.5, 0.6) is 0 Å². The number of anilines is 1. The lowest BCUT2D eigenvalue weighted by molar-refractivity contribution is -0.139. The number of alkyl carbamates (subject to hydrolysis) is 1. The monoisotopic (exact) mass is 433 g/mol. The van der Waals surface area contributed by atoms with E-state index in [1.165, 1.54) is 18.2 Å². The van der Waals surface area contributed by atoms with E-state index in [1.54, 1.807) is 6.07 Å². The number of amides is 1. The van der Waals surface area contributed by atoms with Gasteiger partial charge < -0.3 is 25.6 Å². The molecule has 1 aliphatic carbocycles. The summed E-state index contributed by atoms with van der Waals surface area (Å²) < 4.78 is 5.41. The van der Waals surface area contributed by atoms with Gasteiger partial charge in [0, 0.05) is 12.3 Å². The molecule has 0 saturated heterocycles. The number of nitrogens with zero attached hydrogens (tertiary/aromatic N) is 1. The Balaban J connectivity index is 1.43. The second-order valence-electron chi connectivity index (χ2n) is 7.51. The van der Waals surface area contributed by atoms with E-state index in [0.717, 1.165) is 22.3 Å². The Morgan fingerprint density at radius 2 is 1.62 bits per heavy atom. The van der Waals surface area contributed by atoms with Gasteiger partial charge in [0.1, 0.15) is 12.6 Å². The van der Waals surface area contributed by atoms with Crippen molar-refractivity contribution in [3.63, 3.8) is 0 Å². The summed E-state index contributed by atoms with van der Waals surface area (Å²) in [6.07, 6.45) is -0.927. The molecule has 0 heterocycles. The van der Waals surface area contributed by atoms with Crippen LogP contribution in [0.15, 0.2) is 72.8 Å². The molecule has 3 aromatic rings. The number of benzene rings is 3. The molecular weight excluding hydrogens is 412 g/mol. The molecule has 3 aromatic carbocycles. The van der Waals surface area contributed by atoms with E-state index in [9.17, 15) is 19.9 Å². The molecule has 0 bridgehead atoms. The predicted octanol–water partition coefficient (Wildman–Crippen LogP) is 3.91. The maximum absolute atomic E-state index is 12.4. The van der Waals surface area contributed by atoms with Gasteiger partial charge in [-0.05, 0) is 39.9 Å². The average molecular weight is 433 g/mol. The van der Waals surface area contributed by atoms with E-state index in [4.69, 9.17) is 9.94 Å². The van der Waals surface area contributed by atoms with Crippen LogP contribution in [-0.2, 0) is 16.0 Å². The summed E-state index contributed by atoms with van der Waals surface area (Å²) in [6, 6.07) is 20.4. The summed E-state index contributed by atoms with van der Waals surface area (Å²) in [6.45, 7) is 0.0668. The van der Waals surface area contributed by atoms with Crippen LogP contribution in [0.1, 0.15) is 22.6 Å². The van der Waals surface area contributed by atoms with Gasteiger partial charge in [-0.2, -0.15) is 0 Å². The molecule has 0 aromatic heterocycles. The van der Waals surface area contributed by atoms with Crippen LogP contribution in [0.2, 0.25) is 0 Å². The summed E-state index contributed by atoms with van der Waals surface area (Å²) in [7, 11) is 0. The lowest BCUT2D eigenvalue weighted by atomic mass is 9.98. The summed E-state index contributed by atoms with van der Waals surface area (Å²) in [5, 5.41) is 31.6. The summed E-state index contributed by atoms with van der Waals surface area (Å²) in [5.74, 6) is -1.38. The molecule has 1 aliphatic rings. The maximum Gasteiger partial charge on any atom is 0.407 e. The Kier molecular flexibility index (Phi) is 6.07. The minimum atomic E-state index is -1.26. The Bertz CT molecular complexity index is 1100. The molecule has 0 unspecified atom stereocenters. The first-order chi connectivity index (χ1) is 15.4. The molecule has 0 saturated carbocycles. The number of hydrogen-bond donors (Lipinski definition) is 3. The first kappa shape index (κ1) is 21.4. The fourth-order valence-electron chi connectivity index (χ4n) is 4.02. The van der Waals surface area contributed by atoms with Gasteiger partial charge in [0.05, 0.1) is 5.69 Å². The number of carbonyl (C=O) groups is 2. The molecule has 3 N–H and O–H groups in total. The molecule has 4 rings (SSSR count). The standard InChI is InChI=1S/C24H21N2O6/c27-23(28)22(13-15-6-5-7-16(12-15)26(30)31)25-24(29)32-14-21-19-10-3-1-8-17(19)18-9-2-4-11-20(18)21/h1-12,21-22,30H,13-14H2,(H,25,29)(H,27,28)/q-1/t22-/m0/s1. The van der Waals surface area contributed by atoms with Gasteiger partial charge in [0.25, 0.3) is 0 Å². The number of fused-ring (bicyclic) bond motifs is 3. The number of aliphatic carboxylic acids is 1. The number of carbonyl (C=O) groups excluding carboxylic acids is 1. The lowest BCUT2D eigenvalue weighted by Crippen LogP contribution is -2.42. The Morgan fingerprint density at radius 3 is 2.22 bits per heavy atom. The van der Waals surface area contributed by atoms with Crippen molar-refractivity contribution in [1.29, 1.82) is 0 Å². The molecule has 164 valence electrons. The van der Waals surface area contributed by atoms with Crippen molar-refractivity contribution in [1.82, 2.24) is 5.32 Å². The van der Waals surface area contributed by atoms with Crippen LogP contribution in [-0.4, -0.2) is 35.0 Å². The van der Waals surface area contributed by atoms with Crippen molar-refractivity contribution in [2.24, 2.45) is 0 Å². The highest BCUT2D eigenvalue weighted by Gasteiger charge is 2.29. The van der Waals surface area contributed by atoms with Crippen molar-refractivity contribution < 1.29 is 24.6 Å². The molecule has 0 aliphatic heterocycles. The van der Waals surface area contributed by atoms with Crippen LogP contribution < -0.4 is 10.5 Å². The van der Waals surface area contributed by atoms with Crippen LogP contribution in [0.3, 0.4) is 0 Å². The molecule has 8 nitrogen and oxygen atoms in total. The SMILES string of the molecule is O=C(N[C@@H](Cc1cccc(N([O-])O)c1)C(=O)O)OCC1c2ccccc2-c2ccccc21. The minimum absolute atomic E-state index is 0.0345. The van der Waals surface area contributed by atoms with Crippen molar-refractivity contribution in [2.75, 3.05) is 11.8 Å². The smallest absolute Gasteiger partial charge is 0.407 e. The van der Waals surface area contributed by atoms with Gasteiger partial charge in [0.2, 0.25) is 0 Å². The topological polar surface area (TPSA) is 122 Å². The summed E-state index contributed by atoms with van der Waals surface area (Å²) >= 11 is 0. The number of hydrogen-bond acceptors (Lipinski definition) is 6. The molecule has 0 spiro atoms. The molecular formula is C24H21N2O6-. The zero-order valence-electron chi connectivity index (χ0n) is 17.0. The highest BCUT2D eigenvalue weighted by Crippen LogP contribution is 2.44. The molecule has 32 heavy (non-hydrogen) atoms. The van der Waals surface area contributed by atoms with Gasteiger partial charge in [-0.15, -0.1) is 0 Å². The average Bonchev–Trinajstić information content (AvgIpc) is 3.11. The van der Waals surface area contributed by atoms with Crippen molar-refractivity contribution in [2.45, 2.75) is 18.4 Å². The predicted molar refractivity (Wildman–Crippen MR) is 117 cm³/mol. The number of nitrogens with one attached hydrogen (secondary N) is 1. The third-order valence-electron chi connectivity index (χ3n) is 5.51. The summed E-state index contributed by atoms with van der Waals surface area (Å²) in [4.78, 5) is 24.1. The third-order valence-corrected chi connectivity index (χ3v) is 5.51. The van der Waals surface area contributed by atoms with Gasteiger partial charge in [-0.3, -0.25) is 5.21 Å². The molecule has 8 heteroatoms. The Labute approximate surface area is 184 Å². The van der Waals surface area contributed by atoms with Gasteiger partial charge in [0.15, 0.2) is 0 Å². The second kappa shape index (κ2) is 9.09. The van der Waals surface area contributed by atoms with Crippen molar-refractivity contribution in [3.05, 3.63) is 94.7 Å². The van der Waals surface area contributed by atoms with Crippen molar-refractivity contribution >= 4 is 17.7 Å². The van der Waals surface area contributed by atoms with E-state index in [-0.39, 0.29) is 29.9 Å². The summed E-state index contributed by atoms with van der Waals surface area (Å²) in [5.41, 5.74) is 4.73. The number of carboxylic acid groups (broad SMARTS) is 1. The highest BCUT2D eigenvalue weighted by atomic mass is 16.8. The van der Waals surface area contributed by atoms with Crippen molar-refractivity contribution in [3.8, 4) is 11.1 Å². The van der Waals surface area contributed by atoms with E-state index >= 15 is 0 Å². The molecule has 1 amide bonds. The van der Waals surface area contributed by atoms with Crippen LogP contribution in [0.25, 0.3) is 11.1 Å². The number of carboxylic acids is 1. The van der Waals surface area contributed by atoms with Crippen LogP contribution >= 0.6 is 0 Å². The van der Waals surface area contributed by atoms with E-state index < -0.39 is 18.1 Å². The maximum atomic E-state index is 12.4. The third kappa shape index (κ3) is 4.41. The minimum Gasteiger partial charge on any atom is -0.733 e. The fraction of sp³-hybridized carbons (Fsp3) is 0.167. The molecule has 0 fully saturated rings. The van der Waals surface area contributed by atoms with Crippen LogP contribution in [0.4, 0.5) is 10.5 Å². The second-order valence-corrected chi connectivity index (χ2v) is 7.51. The number of rotatable bonds is 7. The zero-order valence-corrected chi connectivity index (χ0v) is 17.0. The van der Waals surface area contributed by atoms with Crippen LogP contribution in [0, 0.1) is 5.21 Å². The first-order valence-electron chi connectivity index (χ1n) is 10.0. The van der Waals surface area contributed by atoms with Gasteiger partial charge in [-0.25, -0.2) is 9.59 Å².